The number of amidine groups is 1. The lowest BCUT2D eigenvalue weighted by Gasteiger charge is -2.32. The van der Waals surface area contributed by atoms with E-state index in [9.17, 15) is 18.0 Å². The second-order valence-electron chi connectivity index (χ2n) is 12.2. The van der Waals surface area contributed by atoms with Crippen LogP contribution in [0, 0.1) is 12.3 Å². The maximum Gasteiger partial charge on any atom is 0.307 e. The molecule has 0 spiro atoms. The molecule has 0 aliphatic carbocycles. The molecule has 13 heteroatoms. The van der Waals surface area contributed by atoms with Gasteiger partial charge in [0.05, 0.1) is 40.9 Å². The first-order chi connectivity index (χ1) is 22.7. The zero-order valence-corrected chi connectivity index (χ0v) is 28.6. The van der Waals surface area contributed by atoms with Crippen LogP contribution in [0.4, 0.5) is 5.69 Å². The quantitative estimate of drug-likeness (QED) is 0.0741. The number of carbonyl (C=O) groups excluding carboxylic acids is 2. The van der Waals surface area contributed by atoms with E-state index in [2.05, 4.69) is 5.32 Å². The highest BCUT2D eigenvalue weighted by atomic mass is 32.2. The van der Waals surface area contributed by atoms with Gasteiger partial charge in [0.15, 0.2) is 0 Å². The Labute approximate surface area is 281 Å². The van der Waals surface area contributed by atoms with Crippen LogP contribution in [0.1, 0.15) is 62.0 Å². The van der Waals surface area contributed by atoms with E-state index in [0.29, 0.717) is 31.8 Å². The van der Waals surface area contributed by atoms with Gasteiger partial charge in [-0.25, -0.2) is 4.98 Å². The van der Waals surface area contributed by atoms with Crippen LogP contribution < -0.4 is 11.1 Å². The summed E-state index contributed by atoms with van der Waals surface area (Å²) in [6, 6.07) is 19.2. The zero-order valence-electron chi connectivity index (χ0n) is 27.8. The van der Waals surface area contributed by atoms with Crippen LogP contribution in [-0.2, 0) is 43.5 Å². The van der Waals surface area contributed by atoms with E-state index in [1.54, 1.807) is 24.3 Å². The molecule has 1 saturated heterocycles. The van der Waals surface area contributed by atoms with Crippen molar-refractivity contribution >= 4 is 44.6 Å². The maximum atomic E-state index is 13.7. The van der Waals surface area contributed by atoms with Gasteiger partial charge in [0.25, 0.3) is 10.1 Å². The average molecular weight is 677 g/mol. The number of hydrogen-bond donors (Lipinski definition) is 4. The number of esters is 1. The number of carbonyl (C=O) groups is 2. The molecule has 0 radical (unpaired) electrons. The summed E-state index contributed by atoms with van der Waals surface area (Å²) in [7, 11) is -2.06. The Kier molecular flexibility index (Phi) is 11.6. The summed E-state index contributed by atoms with van der Waals surface area (Å²) >= 11 is 0. The first kappa shape index (κ1) is 36.1. The fraction of sp³-hybridized carbons (Fsp3) is 0.371. The lowest BCUT2D eigenvalue weighted by molar-refractivity contribution is -0.149. The number of hydrogen-bond acceptors (Lipinski definition) is 8. The Morgan fingerprint density at radius 3 is 2.29 bits per heavy atom. The molecule has 1 amide bonds. The summed E-state index contributed by atoms with van der Waals surface area (Å²) in [5, 5.41) is 10.9. The number of rotatable bonds is 11. The van der Waals surface area contributed by atoms with Gasteiger partial charge in [0, 0.05) is 31.4 Å². The molecule has 48 heavy (non-hydrogen) atoms. The number of ether oxygens (including phenoxy) is 1. The number of anilines is 1. The number of benzene rings is 3. The Morgan fingerprint density at radius 1 is 1.06 bits per heavy atom. The van der Waals surface area contributed by atoms with Gasteiger partial charge in [-0.05, 0) is 87.2 Å². The Morgan fingerprint density at radius 2 is 1.71 bits per heavy atom. The maximum absolute atomic E-state index is 13.7. The third kappa shape index (κ3) is 8.78. The third-order valence-corrected chi connectivity index (χ3v) is 9.27. The van der Waals surface area contributed by atoms with Gasteiger partial charge in [-0.3, -0.25) is 19.6 Å². The summed E-state index contributed by atoms with van der Waals surface area (Å²) in [5.41, 5.74) is 9.51. The normalized spacial score (nSPS) is 14.1. The van der Waals surface area contributed by atoms with Gasteiger partial charge in [0.2, 0.25) is 5.91 Å². The van der Waals surface area contributed by atoms with Crippen molar-refractivity contribution < 1.29 is 27.3 Å². The summed E-state index contributed by atoms with van der Waals surface area (Å²) < 4.78 is 36.9. The molecule has 0 unspecified atom stereocenters. The van der Waals surface area contributed by atoms with Crippen molar-refractivity contribution in [1.29, 1.82) is 5.41 Å². The van der Waals surface area contributed by atoms with E-state index in [0.717, 1.165) is 52.9 Å². The fourth-order valence-corrected chi connectivity index (χ4v) is 6.02. The van der Waals surface area contributed by atoms with Crippen LogP contribution in [0.25, 0.3) is 11.0 Å². The van der Waals surface area contributed by atoms with Gasteiger partial charge >= 0.3 is 5.97 Å². The lowest BCUT2D eigenvalue weighted by Crippen LogP contribution is -2.45. The molecule has 1 atom stereocenters. The van der Waals surface area contributed by atoms with Gasteiger partial charge in [-0.1, -0.05) is 30.7 Å². The monoisotopic (exact) mass is 676 g/mol. The molecule has 1 aliphatic rings. The highest BCUT2D eigenvalue weighted by Crippen LogP contribution is 2.34. The second-order valence-corrected chi connectivity index (χ2v) is 13.6. The molecule has 256 valence electrons. The first-order valence-electron chi connectivity index (χ1n) is 15.9. The van der Waals surface area contributed by atoms with Gasteiger partial charge < -0.3 is 25.3 Å². The smallest absolute Gasteiger partial charge is 0.307 e. The van der Waals surface area contributed by atoms with Gasteiger partial charge in [-0.15, -0.1) is 0 Å². The largest absolute Gasteiger partial charge is 0.466 e. The van der Waals surface area contributed by atoms with Crippen molar-refractivity contribution in [3.63, 3.8) is 0 Å². The molecule has 5 rings (SSSR count). The number of likely N-dealkylation sites (tertiary alicyclic amines) is 1. The number of nitrogens with zero attached hydrogens (tertiary/aromatic N) is 3. The molecule has 0 saturated carbocycles. The highest BCUT2D eigenvalue weighted by molar-refractivity contribution is 7.85. The minimum atomic E-state index is -4.02. The predicted molar refractivity (Wildman–Crippen MR) is 186 cm³/mol. The summed E-state index contributed by atoms with van der Waals surface area (Å²) in [6.45, 7) is 7.91. The van der Waals surface area contributed by atoms with Crippen molar-refractivity contribution in [3.05, 3.63) is 89.2 Å². The molecule has 1 aliphatic heterocycles. The lowest BCUT2D eigenvalue weighted by atomic mass is 9.78. The molecular weight excluding hydrogens is 632 g/mol. The van der Waals surface area contributed by atoms with Gasteiger partial charge in [0.1, 0.15) is 11.7 Å². The van der Waals surface area contributed by atoms with Crippen LogP contribution in [0.15, 0.2) is 71.6 Å². The van der Waals surface area contributed by atoms with Crippen LogP contribution in [0.2, 0.25) is 0 Å². The van der Waals surface area contributed by atoms with Crippen LogP contribution >= 0.6 is 0 Å². The number of fused-ring (bicyclic) bond motifs is 1. The Hall–Kier alpha value is -4.75. The van der Waals surface area contributed by atoms with Crippen LogP contribution in [-0.4, -0.2) is 64.8 Å². The SMILES string of the molecule is CCCOC(=O)C[C@@](C)(C(=O)N1CCCC1)c1ccc2c(c1)nc(CNc1ccc(C(=N)N)cc1)n2C.Cc1ccc(S(=O)(=O)O)cc1. The molecule has 12 nitrogen and oxygen atoms in total. The summed E-state index contributed by atoms with van der Waals surface area (Å²) in [5.74, 6) is 0.465. The van der Waals surface area contributed by atoms with Crippen molar-refractivity contribution in [1.82, 2.24) is 14.5 Å². The third-order valence-electron chi connectivity index (χ3n) is 8.41. The minimum absolute atomic E-state index is 0.00859. The topological polar surface area (TPSA) is 181 Å². The van der Waals surface area contributed by atoms with Gasteiger partial charge in [-0.2, -0.15) is 8.42 Å². The average Bonchev–Trinajstić information content (AvgIpc) is 3.70. The Bertz CT molecular complexity index is 1870. The number of amides is 1. The van der Waals surface area contributed by atoms with Crippen LogP contribution in [0.3, 0.4) is 0 Å². The minimum Gasteiger partial charge on any atom is -0.466 e. The number of aryl methyl sites for hydroxylation is 2. The predicted octanol–water partition coefficient (Wildman–Crippen LogP) is 4.93. The number of nitrogens with two attached hydrogens (primary N) is 1. The summed E-state index contributed by atoms with van der Waals surface area (Å²) in [4.78, 5) is 33.0. The number of nitrogen functional groups attached to an aromatic ring is 1. The first-order valence-corrected chi connectivity index (χ1v) is 17.3. The van der Waals surface area contributed by atoms with E-state index in [4.69, 9.17) is 25.4 Å². The molecule has 0 bridgehead atoms. The van der Waals surface area contributed by atoms with Crippen molar-refractivity contribution in [2.24, 2.45) is 12.8 Å². The molecule has 2 heterocycles. The molecule has 3 aromatic carbocycles. The second kappa shape index (κ2) is 15.4. The van der Waals surface area contributed by atoms with E-state index in [1.165, 1.54) is 12.1 Å². The highest BCUT2D eigenvalue weighted by Gasteiger charge is 2.42. The Balaban J connectivity index is 0.000000401. The molecular formula is C35H44N6O6S. The standard InChI is InChI=1S/C28H36N6O3.C7H8O3S/c1-4-15-37-25(35)17-28(2,27(36)34-13-5-6-14-34)20-9-12-23-22(16-20)32-24(33(23)3)18-31-21-10-7-19(8-11-21)26(29)30;1-6-2-4-7(5-3-6)11(8,9)10/h7-12,16,31H,4-6,13-15,17-18H2,1-3H3,(H3,29,30);2-5H,1H3,(H,8,9,10)/t28-;/m1./s1. The zero-order chi connectivity index (χ0) is 35.1. The molecule has 1 fully saturated rings. The van der Waals surface area contributed by atoms with E-state index < -0.39 is 15.5 Å². The van der Waals surface area contributed by atoms with Crippen molar-refractivity contribution in [3.8, 4) is 0 Å². The number of nitrogens with one attached hydrogen (secondary N) is 2. The molecule has 4 aromatic rings. The van der Waals surface area contributed by atoms with Crippen molar-refractivity contribution in [2.75, 3.05) is 25.0 Å². The van der Waals surface area contributed by atoms with Crippen LogP contribution in [0.5, 0.6) is 0 Å². The molecule has 5 N–H and O–H groups in total. The fourth-order valence-electron chi connectivity index (χ4n) is 5.54. The van der Waals surface area contributed by atoms with Crippen molar-refractivity contribution in [2.45, 2.75) is 63.3 Å². The summed E-state index contributed by atoms with van der Waals surface area (Å²) in [6.07, 6.45) is 2.69. The number of imidazole rings is 1. The van der Waals surface area contributed by atoms with E-state index >= 15 is 0 Å². The van der Waals surface area contributed by atoms with E-state index in [-0.39, 0.29) is 29.0 Å². The van der Waals surface area contributed by atoms with E-state index in [1.807, 2.05) is 67.6 Å². The molecule has 1 aromatic heterocycles. The number of aromatic nitrogens is 2.